The van der Waals surface area contributed by atoms with Gasteiger partial charge in [0, 0.05) is 43.1 Å². The summed E-state index contributed by atoms with van der Waals surface area (Å²) in [7, 11) is 0. The van der Waals surface area contributed by atoms with Gasteiger partial charge in [-0.25, -0.2) is 9.37 Å². The molecule has 0 saturated carbocycles. The summed E-state index contributed by atoms with van der Waals surface area (Å²) in [5.74, 6) is -0.649. The Kier molecular flexibility index (Phi) is 11.2. The third-order valence-electron chi connectivity index (χ3n) is 4.01. The predicted octanol–water partition coefficient (Wildman–Crippen LogP) is 4.80. The summed E-state index contributed by atoms with van der Waals surface area (Å²) in [6, 6.07) is 6.95. The maximum Gasteiger partial charge on any atom is 0.258 e. The second kappa shape index (κ2) is 13.7. The van der Waals surface area contributed by atoms with Gasteiger partial charge in [0.2, 0.25) is 0 Å². The molecule has 3 N–H and O–H groups in total. The van der Waals surface area contributed by atoms with Crippen molar-refractivity contribution in [2.45, 2.75) is 40.7 Å². The van der Waals surface area contributed by atoms with Crippen molar-refractivity contribution in [1.82, 2.24) is 15.0 Å². The van der Waals surface area contributed by atoms with Gasteiger partial charge < -0.3 is 15.8 Å². The summed E-state index contributed by atoms with van der Waals surface area (Å²) in [6.07, 6.45) is 7.84. The van der Waals surface area contributed by atoms with Gasteiger partial charge in [0.05, 0.1) is 18.4 Å². The molecule has 0 unspecified atom stereocenters. The van der Waals surface area contributed by atoms with Crippen LogP contribution in [0.5, 0.6) is 0 Å². The Morgan fingerprint density at radius 1 is 1.16 bits per heavy atom. The lowest BCUT2D eigenvalue weighted by atomic mass is 10.1. The predicted molar refractivity (Wildman–Crippen MR) is 122 cm³/mol. The number of hydrogen-bond acceptors (Lipinski definition) is 6. The molecule has 0 spiro atoms. The van der Waals surface area contributed by atoms with E-state index in [0.29, 0.717) is 23.5 Å². The minimum Gasteiger partial charge on any atom is -0.392 e. The van der Waals surface area contributed by atoms with E-state index in [1.54, 1.807) is 30.6 Å². The lowest BCUT2D eigenvalue weighted by Gasteiger charge is -2.08. The molecule has 31 heavy (non-hydrogen) atoms. The second-order valence-corrected chi connectivity index (χ2v) is 6.03. The van der Waals surface area contributed by atoms with Crippen molar-refractivity contribution in [3.05, 3.63) is 83.3 Å². The zero-order chi connectivity index (χ0) is 23.2. The normalized spacial score (nSPS) is 9.48. The van der Waals surface area contributed by atoms with Crippen molar-refractivity contribution in [2.24, 2.45) is 0 Å². The Morgan fingerprint density at radius 2 is 1.90 bits per heavy atom. The standard InChI is InChI=1S/C15H15FN4O.C6H7NO.C2H6.H2/c1-3-13(17)10-4-5-14(19-6-10)20-15(21)11-7-18-8-12(16)9(11)2;8-5-6-2-1-3-7-4-6;1-2;/h4-8,17H,3H2,1-2H3,(H,19,20,21);1-4,8H,5H2;1-2H3;1H. The molecule has 3 aromatic rings. The van der Waals surface area contributed by atoms with Crippen LogP contribution in [0.25, 0.3) is 0 Å². The Labute approximate surface area is 183 Å². The quantitative estimate of drug-likeness (QED) is 0.506. The summed E-state index contributed by atoms with van der Waals surface area (Å²) in [5.41, 5.74) is 2.45. The summed E-state index contributed by atoms with van der Waals surface area (Å²) in [4.78, 5) is 23.6. The van der Waals surface area contributed by atoms with Crippen LogP contribution in [0, 0.1) is 18.2 Å². The number of nitrogens with one attached hydrogen (secondary N) is 2. The molecule has 166 valence electrons. The number of pyridine rings is 3. The lowest BCUT2D eigenvalue weighted by Crippen LogP contribution is -2.15. The van der Waals surface area contributed by atoms with Crippen LogP contribution in [0.3, 0.4) is 0 Å². The highest BCUT2D eigenvalue weighted by atomic mass is 19.1. The number of aromatic nitrogens is 3. The number of rotatable bonds is 5. The first-order valence-corrected chi connectivity index (χ1v) is 9.91. The fourth-order valence-corrected chi connectivity index (χ4v) is 2.25. The molecule has 0 aliphatic carbocycles. The molecule has 0 fully saturated rings. The number of anilines is 1. The van der Waals surface area contributed by atoms with Crippen LogP contribution in [-0.2, 0) is 6.61 Å². The van der Waals surface area contributed by atoms with Gasteiger partial charge in [0.15, 0.2) is 0 Å². The van der Waals surface area contributed by atoms with Gasteiger partial charge >= 0.3 is 0 Å². The summed E-state index contributed by atoms with van der Waals surface area (Å²) in [6.45, 7) is 7.48. The zero-order valence-corrected chi connectivity index (χ0v) is 18.2. The monoisotopic (exact) mass is 427 g/mol. The third-order valence-corrected chi connectivity index (χ3v) is 4.01. The van der Waals surface area contributed by atoms with E-state index in [4.69, 9.17) is 10.5 Å². The van der Waals surface area contributed by atoms with E-state index in [1.807, 2.05) is 26.8 Å². The summed E-state index contributed by atoms with van der Waals surface area (Å²) < 4.78 is 13.4. The fourth-order valence-electron chi connectivity index (χ4n) is 2.25. The summed E-state index contributed by atoms with van der Waals surface area (Å²) >= 11 is 0. The molecule has 7 nitrogen and oxygen atoms in total. The highest BCUT2D eigenvalue weighted by Crippen LogP contribution is 2.13. The zero-order valence-electron chi connectivity index (χ0n) is 18.2. The van der Waals surface area contributed by atoms with Crippen molar-refractivity contribution >= 4 is 17.4 Å². The van der Waals surface area contributed by atoms with E-state index >= 15 is 0 Å². The number of aliphatic hydroxyl groups excluding tert-OH is 1. The van der Waals surface area contributed by atoms with Crippen LogP contribution < -0.4 is 5.32 Å². The molecule has 0 aliphatic heterocycles. The van der Waals surface area contributed by atoms with Gasteiger partial charge in [-0.3, -0.25) is 14.8 Å². The van der Waals surface area contributed by atoms with Crippen LogP contribution in [0.15, 0.2) is 55.2 Å². The van der Waals surface area contributed by atoms with Crippen molar-refractivity contribution < 1.29 is 15.7 Å². The molecule has 0 radical (unpaired) electrons. The first kappa shape index (κ1) is 25.5. The molecule has 0 aromatic carbocycles. The van der Waals surface area contributed by atoms with Gasteiger partial charge in [0.25, 0.3) is 5.91 Å². The first-order chi connectivity index (χ1) is 15.0. The lowest BCUT2D eigenvalue weighted by molar-refractivity contribution is 0.102. The molecule has 3 heterocycles. The molecule has 3 aromatic heterocycles. The van der Waals surface area contributed by atoms with Crippen LogP contribution in [0.1, 0.15) is 55.7 Å². The Bertz CT molecular complexity index is 970. The number of nitrogens with zero attached hydrogens (tertiary/aromatic N) is 3. The number of hydrogen-bond donors (Lipinski definition) is 3. The molecule has 8 heteroatoms. The number of carbonyl (C=O) groups is 1. The van der Waals surface area contributed by atoms with E-state index in [1.165, 1.54) is 19.3 Å². The van der Waals surface area contributed by atoms with E-state index < -0.39 is 11.7 Å². The molecule has 0 atom stereocenters. The average Bonchev–Trinajstić information content (AvgIpc) is 2.83. The van der Waals surface area contributed by atoms with E-state index in [9.17, 15) is 9.18 Å². The Hall–Kier alpha value is -3.52. The number of carbonyl (C=O) groups excluding carboxylic acids is 1. The Balaban J connectivity index is 0.000000734. The van der Waals surface area contributed by atoms with Crippen LogP contribution in [0.4, 0.5) is 10.2 Å². The SMILES string of the molecule is CC.CCC(=N)c1ccc(NC(=O)c2cncc(F)c2C)nc1.OCc1cccnc1.[HH]. The van der Waals surface area contributed by atoms with E-state index in [-0.39, 0.29) is 19.2 Å². The largest absolute Gasteiger partial charge is 0.392 e. The molecule has 0 saturated heterocycles. The minimum atomic E-state index is -0.526. The maximum atomic E-state index is 13.4. The van der Waals surface area contributed by atoms with Gasteiger partial charge in [-0.2, -0.15) is 0 Å². The van der Waals surface area contributed by atoms with Crippen LogP contribution >= 0.6 is 0 Å². The van der Waals surface area contributed by atoms with Crippen LogP contribution in [0.2, 0.25) is 0 Å². The molecule has 0 aliphatic rings. The summed E-state index contributed by atoms with van der Waals surface area (Å²) in [5, 5.41) is 18.8. The average molecular weight is 428 g/mol. The topological polar surface area (TPSA) is 112 Å². The van der Waals surface area contributed by atoms with Gasteiger partial charge in [-0.15, -0.1) is 0 Å². The number of amides is 1. The molecule has 0 bridgehead atoms. The van der Waals surface area contributed by atoms with E-state index in [2.05, 4.69) is 20.3 Å². The molecule has 1 amide bonds. The van der Waals surface area contributed by atoms with Crippen molar-refractivity contribution in [3.8, 4) is 0 Å². The number of aliphatic hydroxyl groups is 1. The van der Waals surface area contributed by atoms with E-state index in [0.717, 1.165) is 11.8 Å². The molecular formula is C23H30FN5O2. The third kappa shape index (κ3) is 8.02. The first-order valence-electron chi connectivity index (χ1n) is 9.91. The van der Waals surface area contributed by atoms with Crippen LogP contribution in [-0.4, -0.2) is 31.7 Å². The highest BCUT2D eigenvalue weighted by Gasteiger charge is 2.13. The smallest absolute Gasteiger partial charge is 0.258 e. The van der Waals surface area contributed by atoms with Crippen molar-refractivity contribution in [2.75, 3.05) is 5.32 Å². The van der Waals surface area contributed by atoms with Gasteiger partial charge in [-0.1, -0.05) is 26.8 Å². The fraction of sp³-hybridized carbons (Fsp3) is 0.261. The van der Waals surface area contributed by atoms with Gasteiger partial charge in [-0.05, 0) is 37.1 Å². The second-order valence-electron chi connectivity index (χ2n) is 6.03. The van der Waals surface area contributed by atoms with Crippen molar-refractivity contribution in [3.63, 3.8) is 0 Å². The Morgan fingerprint density at radius 3 is 2.42 bits per heavy atom. The maximum absolute atomic E-state index is 13.4. The molecule has 3 rings (SSSR count). The highest BCUT2D eigenvalue weighted by molar-refractivity contribution is 6.04. The van der Waals surface area contributed by atoms with Crippen molar-refractivity contribution in [1.29, 1.82) is 5.41 Å². The number of halogens is 1. The van der Waals surface area contributed by atoms with Gasteiger partial charge in [0.1, 0.15) is 11.6 Å². The molecular weight excluding hydrogens is 397 g/mol. The minimum absolute atomic E-state index is 0.